The molecule has 0 aliphatic rings. The Balaban J connectivity index is 1.88. The predicted molar refractivity (Wildman–Crippen MR) is 105 cm³/mol. The summed E-state index contributed by atoms with van der Waals surface area (Å²) in [6.45, 7) is 2.90. The first-order valence-corrected chi connectivity index (χ1v) is 8.80. The summed E-state index contributed by atoms with van der Waals surface area (Å²) in [4.78, 5) is 11.6. The number of hydrogen-bond donors (Lipinski definition) is 0. The Bertz CT molecular complexity index is 1190. The number of aromatic nitrogens is 1. The van der Waals surface area contributed by atoms with Gasteiger partial charge in [0.2, 0.25) is 0 Å². The van der Waals surface area contributed by atoms with Gasteiger partial charge in [0.1, 0.15) is 17.9 Å². The molecule has 0 bridgehead atoms. The van der Waals surface area contributed by atoms with E-state index in [1.54, 1.807) is 7.11 Å². The van der Waals surface area contributed by atoms with Crippen molar-refractivity contribution >= 4 is 21.9 Å². The van der Waals surface area contributed by atoms with Crippen LogP contribution in [-0.4, -0.2) is 11.7 Å². The number of hydrogen-bond acceptors (Lipinski definition) is 4. The summed E-state index contributed by atoms with van der Waals surface area (Å²) in [7, 11) is 3.69. The van der Waals surface area contributed by atoms with Crippen molar-refractivity contribution in [2.24, 2.45) is 7.05 Å². The van der Waals surface area contributed by atoms with Crippen molar-refractivity contribution in [1.29, 1.82) is 0 Å². The molecule has 0 spiro atoms. The Morgan fingerprint density at radius 3 is 2.63 bits per heavy atom. The standard InChI is InChI=1S/C22H21NO4/c1-14-6-4-5-7-19(14)26-13-18-16(12-25-3)22-15-8-11-21(24)27-20(15)10-9-17(22)23(18)2/h4-11H,12-13H2,1-3H3. The maximum absolute atomic E-state index is 11.6. The fraction of sp³-hybridized carbons (Fsp3) is 0.227. The summed E-state index contributed by atoms with van der Waals surface area (Å²) in [5.41, 5.74) is 4.44. The van der Waals surface area contributed by atoms with Crippen molar-refractivity contribution in [3.05, 3.63) is 75.8 Å². The zero-order valence-electron chi connectivity index (χ0n) is 15.6. The molecule has 138 valence electrons. The minimum Gasteiger partial charge on any atom is -0.487 e. The molecule has 0 atom stereocenters. The summed E-state index contributed by atoms with van der Waals surface area (Å²) < 4.78 is 19.1. The van der Waals surface area contributed by atoms with E-state index in [1.165, 1.54) is 6.07 Å². The van der Waals surface area contributed by atoms with Crippen molar-refractivity contribution in [2.75, 3.05) is 7.11 Å². The number of rotatable bonds is 5. The molecule has 0 fully saturated rings. The molecule has 27 heavy (non-hydrogen) atoms. The van der Waals surface area contributed by atoms with Crippen LogP contribution < -0.4 is 10.4 Å². The molecule has 5 heteroatoms. The number of ether oxygens (including phenoxy) is 2. The molecule has 2 aromatic carbocycles. The van der Waals surface area contributed by atoms with E-state index in [1.807, 2.05) is 56.4 Å². The van der Waals surface area contributed by atoms with E-state index in [9.17, 15) is 4.79 Å². The first-order chi connectivity index (χ1) is 13.1. The van der Waals surface area contributed by atoms with E-state index < -0.39 is 0 Å². The van der Waals surface area contributed by atoms with Crippen molar-refractivity contribution in [3.63, 3.8) is 0 Å². The lowest BCUT2D eigenvalue weighted by Crippen LogP contribution is -2.06. The van der Waals surface area contributed by atoms with E-state index in [4.69, 9.17) is 13.9 Å². The van der Waals surface area contributed by atoms with Gasteiger partial charge in [-0.1, -0.05) is 18.2 Å². The number of nitrogens with zero attached hydrogens (tertiary/aromatic N) is 1. The summed E-state index contributed by atoms with van der Waals surface area (Å²) >= 11 is 0. The smallest absolute Gasteiger partial charge is 0.336 e. The van der Waals surface area contributed by atoms with Crippen LogP contribution in [0.5, 0.6) is 5.75 Å². The van der Waals surface area contributed by atoms with Gasteiger partial charge in [0, 0.05) is 42.1 Å². The van der Waals surface area contributed by atoms with Crippen LogP contribution in [-0.2, 0) is 25.0 Å². The third kappa shape index (κ3) is 3.00. The highest BCUT2D eigenvalue weighted by Crippen LogP contribution is 2.33. The van der Waals surface area contributed by atoms with Crippen LogP contribution in [0.2, 0.25) is 0 Å². The molecule has 4 aromatic rings. The van der Waals surface area contributed by atoms with Crippen LogP contribution in [0.4, 0.5) is 0 Å². The second kappa shape index (κ2) is 6.93. The molecule has 0 amide bonds. The normalized spacial score (nSPS) is 11.4. The van der Waals surface area contributed by atoms with E-state index in [-0.39, 0.29) is 5.63 Å². The zero-order chi connectivity index (χ0) is 19.0. The van der Waals surface area contributed by atoms with Gasteiger partial charge in [-0.25, -0.2) is 4.79 Å². The largest absolute Gasteiger partial charge is 0.487 e. The highest BCUT2D eigenvalue weighted by Gasteiger charge is 2.19. The number of benzene rings is 2. The Morgan fingerprint density at radius 1 is 1.04 bits per heavy atom. The monoisotopic (exact) mass is 363 g/mol. The van der Waals surface area contributed by atoms with Gasteiger partial charge in [-0.15, -0.1) is 0 Å². The Morgan fingerprint density at radius 2 is 1.85 bits per heavy atom. The molecule has 2 aromatic heterocycles. The predicted octanol–water partition coefficient (Wildman–Crippen LogP) is 4.32. The number of methoxy groups -OCH3 is 1. The van der Waals surface area contributed by atoms with Gasteiger partial charge in [-0.05, 0) is 36.8 Å². The lowest BCUT2D eigenvalue weighted by atomic mass is 10.1. The molecule has 5 nitrogen and oxygen atoms in total. The van der Waals surface area contributed by atoms with Crippen LogP contribution in [0.1, 0.15) is 16.8 Å². The molecular weight excluding hydrogens is 342 g/mol. The maximum atomic E-state index is 11.6. The van der Waals surface area contributed by atoms with Crippen molar-refractivity contribution < 1.29 is 13.9 Å². The molecule has 0 aliphatic carbocycles. The third-order valence-electron chi connectivity index (χ3n) is 4.94. The van der Waals surface area contributed by atoms with Gasteiger partial charge >= 0.3 is 5.63 Å². The first-order valence-electron chi connectivity index (χ1n) is 8.80. The molecule has 2 heterocycles. The molecule has 4 rings (SSSR count). The van der Waals surface area contributed by atoms with E-state index in [0.29, 0.717) is 18.8 Å². The Kier molecular flexibility index (Phi) is 4.46. The summed E-state index contributed by atoms with van der Waals surface area (Å²) in [5, 5.41) is 1.93. The fourth-order valence-corrected chi connectivity index (χ4v) is 3.57. The molecule has 0 aliphatic heterocycles. The van der Waals surface area contributed by atoms with Crippen LogP contribution in [0.15, 0.2) is 57.7 Å². The topological polar surface area (TPSA) is 53.6 Å². The van der Waals surface area contributed by atoms with E-state index >= 15 is 0 Å². The molecule has 0 N–H and O–H groups in total. The average molecular weight is 363 g/mol. The number of para-hydroxylation sites is 1. The average Bonchev–Trinajstić information content (AvgIpc) is 2.93. The van der Waals surface area contributed by atoms with Gasteiger partial charge in [0.15, 0.2) is 0 Å². The Hall–Kier alpha value is -3.05. The second-order valence-corrected chi connectivity index (χ2v) is 6.60. The molecule has 0 saturated carbocycles. The second-order valence-electron chi connectivity index (χ2n) is 6.60. The van der Waals surface area contributed by atoms with Gasteiger partial charge in [0.25, 0.3) is 0 Å². The summed E-state index contributed by atoms with van der Waals surface area (Å²) in [6, 6.07) is 15.0. The van der Waals surface area contributed by atoms with Crippen LogP contribution in [0.3, 0.4) is 0 Å². The SMILES string of the molecule is COCc1c(COc2ccccc2C)n(C)c2ccc3oc(=O)ccc3c12. The Labute approximate surface area is 156 Å². The minimum atomic E-state index is -0.353. The number of aryl methyl sites for hydroxylation is 2. The molecular formula is C22H21NO4. The zero-order valence-corrected chi connectivity index (χ0v) is 15.6. The fourth-order valence-electron chi connectivity index (χ4n) is 3.57. The quantitative estimate of drug-likeness (QED) is 0.496. The lowest BCUT2D eigenvalue weighted by molar-refractivity contribution is 0.182. The van der Waals surface area contributed by atoms with Gasteiger partial charge in [-0.2, -0.15) is 0 Å². The van der Waals surface area contributed by atoms with Crippen LogP contribution in [0, 0.1) is 6.92 Å². The van der Waals surface area contributed by atoms with Gasteiger partial charge < -0.3 is 18.5 Å². The van der Waals surface area contributed by atoms with Crippen molar-refractivity contribution in [3.8, 4) is 5.75 Å². The van der Waals surface area contributed by atoms with Crippen molar-refractivity contribution in [1.82, 2.24) is 4.57 Å². The first kappa shape index (κ1) is 17.4. The minimum absolute atomic E-state index is 0.353. The number of fused-ring (bicyclic) bond motifs is 3. The van der Waals surface area contributed by atoms with Gasteiger partial charge in [0.05, 0.1) is 12.3 Å². The van der Waals surface area contributed by atoms with Crippen LogP contribution in [0.25, 0.3) is 21.9 Å². The van der Waals surface area contributed by atoms with Gasteiger partial charge in [-0.3, -0.25) is 0 Å². The highest BCUT2D eigenvalue weighted by atomic mass is 16.5. The van der Waals surface area contributed by atoms with Crippen molar-refractivity contribution in [2.45, 2.75) is 20.1 Å². The molecule has 0 unspecified atom stereocenters. The summed E-state index contributed by atoms with van der Waals surface area (Å²) in [5.74, 6) is 0.863. The molecule has 0 radical (unpaired) electrons. The lowest BCUT2D eigenvalue weighted by Gasteiger charge is -2.12. The summed E-state index contributed by atoms with van der Waals surface area (Å²) in [6.07, 6.45) is 0. The maximum Gasteiger partial charge on any atom is 0.336 e. The third-order valence-corrected chi connectivity index (χ3v) is 4.94. The van der Waals surface area contributed by atoms with E-state index in [2.05, 4.69) is 4.57 Å². The van der Waals surface area contributed by atoms with E-state index in [0.717, 1.165) is 38.9 Å². The highest BCUT2D eigenvalue weighted by molar-refractivity contribution is 6.07. The molecule has 0 saturated heterocycles. The van der Waals surface area contributed by atoms with Crippen LogP contribution >= 0.6 is 0 Å².